The van der Waals surface area contributed by atoms with E-state index >= 15 is 0 Å². The second-order valence-corrected chi connectivity index (χ2v) is 16.7. The predicted molar refractivity (Wildman–Crippen MR) is 198 cm³/mol. The molecule has 0 aliphatic carbocycles. The first-order chi connectivity index (χ1) is 29.4. The molecule has 3 fully saturated rings. The third-order valence-corrected chi connectivity index (χ3v) is 11.9. The lowest BCUT2D eigenvalue weighted by molar-refractivity contribution is -0.0631. The first-order valence-corrected chi connectivity index (χ1v) is 20.9. The van der Waals surface area contributed by atoms with Crippen LogP contribution in [0.1, 0.15) is 18.7 Å². The van der Waals surface area contributed by atoms with Crippen LogP contribution in [0.15, 0.2) is 45.6 Å². The molecule has 0 radical (unpaired) electrons. The molecule has 5 aromatic rings. The van der Waals surface area contributed by atoms with E-state index in [9.17, 15) is 58.8 Å². The number of ether oxygens (including phenoxy) is 3. The van der Waals surface area contributed by atoms with Crippen LogP contribution in [0.2, 0.25) is 0 Å². The van der Waals surface area contributed by atoms with Crippen LogP contribution in [0.5, 0.6) is 0 Å². The van der Waals surface area contributed by atoms with E-state index in [-0.39, 0.29) is 34.1 Å². The molecule has 0 aromatic carbocycles. The predicted octanol–water partition coefficient (Wildman–Crippen LogP) is -5.19. The maximum Gasteiger partial charge on any atom is 0.472 e. The lowest BCUT2D eigenvalue weighted by Crippen LogP contribution is -2.38. The summed E-state index contributed by atoms with van der Waals surface area (Å²) < 4.78 is 67.6. The Balaban J connectivity index is 0.995. The van der Waals surface area contributed by atoms with Gasteiger partial charge in [0.2, 0.25) is 5.95 Å². The largest absolute Gasteiger partial charge is 0.472 e. The fourth-order valence-electron chi connectivity index (χ4n) is 7.05. The van der Waals surface area contributed by atoms with Gasteiger partial charge in [-0.25, -0.2) is 33.9 Å². The van der Waals surface area contributed by atoms with Crippen molar-refractivity contribution in [1.29, 1.82) is 0 Å². The summed E-state index contributed by atoms with van der Waals surface area (Å²) in [6, 6.07) is 0.939. The number of phosphoric ester groups is 2. The normalized spacial score (nSPS) is 32.1. The smallest absolute Gasteiger partial charge is 0.394 e. The molecule has 13 N–H and O–H groups in total. The number of H-pyrrole nitrogens is 2. The van der Waals surface area contributed by atoms with Gasteiger partial charge in [-0.3, -0.25) is 51.4 Å². The number of aliphatic hydroxyl groups excluding tert-OH is 5. The van der Waals surface area contributed by atoms with Crippen molar-refractivity contribution in [2.75, 3.05) is 31.3 Å². The number of anilines is 2. The van der Waals surface area contributed by atoms with Crippen molar-refractivity contribution in [1.82, 2.24) is 48.6 Å². The van der Waals surface area contributed by atoms with Crippen molar-refractivity contribution in [3.63, 3.8) is 0 Å². The third kappa shape index (κ3) is 8.21. The molecule has 14 atom stereocenters. The van der Waals surface area contributed by atoms with Crippen LogP contribution >= 0.6 is 15.6 Å². The Labute approximate surface area is 342 Å². The maximum atomic E-state index is 13.4. The number of aromatic amines is 2. The molecule has 3 aliphatic heterocycles. The standard InChI is InChI=1S/C29H36N12O19P2/c30-21-13-22(33-6-32-21)40(7-34-13)26-17(46)19(9(3-42)56-26)59-62(52,53)55-5-11-20(18(47)27(58-11)41-8-35-14-23(41)37-28(31)38-24(14)48)60-61(50,51)54-4-10-15(44)16(45)25(57-10)39-2-1-12(43)36-29(39)49/h1-2,6-11,15-20,25-27,42,44-47H,3-5H2,(H,50,51)(H,52,53)(H2,30,32,33)(H,36,43,49)(H3,31,37,38,48). The van der Waals surface area contributed by atoms with Crippen LogP contribution in [-0.2, 0) is 41.4 Å². The minimum absolute atomic E-state index is 0.00189. The summed E-state index contributed by atoms with van der Waals surface area (Å²) in [5, 5.41) is 53.8. The highest BCUT2D eigenvalue weighted by Gasteiger charge is 2.53. The van der Waals surface area contributed by atoms with E-state index < -0.39 is 126 Å². The molecule has 14 unspecified atom stereocenters. The van der Waals surface area contributed by atoms with Crippen molar-refractivity contribution in [3.8, 4) is 0 Å². The molecule has 336 valence electrons. The summed E-state index contributed by atoms with van der Waals surface area (Å²) in [4.78, 5) is 82.0. The highest BCUT2D eigenvalue weighted by Crippen LogP contribution is 2.52. The molecule has 0 amide bonds. The average molecular weight is 919 g/mol. The summed E-state index contributed by atoms with van der Waals surface area (Å²) in [7, 11) is -10.8. The quantitative estimate of drug-likeness (QED) is 0.0464. The van der Waals surface area contributed by atoms with Crippen LogP contribution in [-0.4, -0.2) is 159 Å². The van der Waals surface area contributed by atoms with E-state index in [2.05, 4.69) is 29.9 Å². The molecule has 0 saturated carbocycles. The van der Waals surface area contributed by atoms with Gasteiger partial charge in [0, 0.05) is 12.3 Å². The van der Waals surface area contributed by atoms with E-state index in [0.29, 0.717) is 0 Å². The number of phosphoric acid groups is 2. The second-order valence-electron chi connectivity index (χ2n) is 13.9. The van der Waals surface area contributed by atoms with Crippen molar-refractivity contribution in [2.45, 2.75) is 73.6 Å². The van der Waals surface area contributed by atoms with E-state index in [0.717, 1.165) is 34.1 Å². The molecular weight excluding hydrogens is 882 g/mol. The van der Waals surface area contributed by atoms with Crippen LogP contribution in [0.25, 0.3) is 22.3 Å². The summed E-state index contributed by atoms with van der Waals surface area (Å²) in [6.07, 6.45) is -16.4. The fraction of sp³-hybridized carbons (Fsp3) is 0.517. The molecule has 31 nitrogen and oxygen atoms in total. The first-order valence-electron chi connectivity index (χ1n) is 17.9. The summed E-state index contributed by atoms with van der Waals surface area (Å²) in [5.41, 5.74) is 8.71. The second kappa shape index (κ2) is 16.7. The van der Waals surface area contributed by atoms with Crippen LogP contribution in [0.3, 0.4) is 0 Å². The Kier molecular flexibility index (Phi) is 11.7. The van der Waals surface area contributed by atoms with Gasteiger partial charge in [-0.05, 0) is 0 Å². The topological polar surface area (TPSA) is 454 Å². The Morgan fingerprint density at radius 2 is 1.27 bits per heavy atom. The SMILES string of the molecule is Nc1nc2c(ncn2C2OC(COP(=O)(O)OC3C(CO)OC(n4cnc5c(N)ncnc54)C3O)C(OP(=O)(O)OCC3OC(n4ccc(=O)[nH]c4=O)C(O)C3O)C2O)c(=O)[nH]1. The number of imidazole rings is 2. The summed E-state index contributed by atoms with van der Waals surface area (Å²) >= 11 is 0. The third-order valence-electron chi connectivity index (χ3n) is 9.96. The number of aliphatic hydroxyl groups is 5. The van der Waals surface area contributed by atoms with Gasteiger partial charge >= 0.3 is 21.3 Å². The van der Waals surface area contributed by atoms with E-state index in [1.165, 1.54) is 10.9 Å². The Hall–Kier alpha value is -4.92. The maximum absolute atomic E-state index is 13.4. The van der Waals surface area contributed by atoms with Gasteiger partial charge in [-0.15, -0.1) is 0 Å². The van der Waals surface area contributed by atoms with Gasteiger partial charge < -0.3 is 61.0 Å². The highest BCUT2D eigenvalue weighted by molar-refractivity contribution is 7.47. The van der Waals surface area contributed by atoms with E-state index in [1.54, 1.807) is 0 Å². The number of nitrogens with two attached hydrogens (primary N) is 2. The number of hydrogen-bond acceptors (Lipinski definition) is 24. The molecule has 0 spiro atoms. The zero-order chi connectivity index (χ0) is 44.4. The molecule has 62 heavy (non-hydrogen) atoms. The zero-order valence-electron chi connectivity index (χ0n) is 31.1. The molecule has 8 rings (SSSR count). The highest BCUT2D eigenvalue weighted by atomic mass is 31.2. The number of rotatable bonds is 14. The first kappa shape index (κ1) is 43.7. The minimum Gasteiger partial charge on any atom is -0.394 e. The Bertz CT molecular complexity index is 2750. The van der Waals surface area contributed by atoms with Gasteiger partial charge in [0.15, 0.2) is 41.3 Å². The lowest BCUT2D eigenvalue weighted by atomic mass is 10.1. The van der Waals surface area contributed by atoms with Crippen LogP contribution < -0.4 is 28.3 Å². The van der Waals surface area contributed by atoms with Gasteiger partial charge in [0.05, 0.1) is 32.5 Å². The van der Waals surface area contributed by atoms with Crippen molar-refractivity contribution in [2.24, 2.45) is 0 Å². The van der Waals surface area contributed by atoms with Crippen molar-refractivity contribution in [3.05, 3.63) is 62.4 Å². The van der Waals surface area contributed by atoms with Crippen LogP contribution in [0, 0.1) is 0 Å². The lowest BCUT2D eigenvalue weighted by Gasteiger charge is -2.25. The zero-order valence-corrected chi connectivity index (χ0v) is 32.9. The average Bonchev–Trinajstić information content (AvgIpc) is 4.02. The number of nitrogens with zero attached hydrogens (tertiary/aromatic N) is 8. The monoisotopic (exact) mass is 918 g/mol. The van der Waals surface area contributed by atoms with Gasteiger partial charge in [0.25, 0.3) is 11.1 Å². The van der Waals surface area contributed by atoms with Gasteiger partial charge in [-0.2, -0.15) is 4.98 Å². The number of hydrogen-bond donors (Lipinski definition) is 11. The number of aromatic nitrogens is 10. The van der Waals surface area contributed by atoms with Gasteiger partial charge in [0.1, 0.15) is 66.8 Å². The Morgan fingerprint density at radius 3 is 1.92 bits per heavy atom. The summed E-state index contributed by atoms with van der Waals surface area (Å²) in [5.74, 6) is -0.368. The molecule has 3 aliphatic rings. The van der Waals surface area contributed by atoms with Crippen molar-refractivity contribution < 1.29 is 76.8 Å². The van der Waals surface area contributed by atoms with Crippen LogP contribution in [0.4, 0.5) is 11.8 Å². The molecule has 5 aromatic heterocycles. The minimum atomic E-state index is -5.42. The van der Waals surface area contributed by atoms with Crippen molar-refractivity contribution >= 4 is 49.7 Å². The fourth-order valence-corrected chi connectivity index (χ4v) is 8.98. The molecular formula is C29H36N12O19P2. The number of fused-ring (bicyclic) bond motifs is 2. The molecule has 3 saturated heterocycles. The Morgan fingerprint density at radius 1 is 0.710 bits per heavy atom. The van der Waals surface area contributed by atoms with E-state index in [4.69, 9.17) is 43.8 Å². The molecule has 0 bridgehead atoms. The number of nitrogens with one attached hydrogen (secondary N) is 2. The summed E-state index contributed by atoms with van der Waals surface area (Å²) in [6.45, 7) is -2.90. The molecule has 33 heteroatoms. The van der Waals surface area contributed by atoms with Gasteiger partial charge in [-0.1, -0.05) is 0 Å². The number of nitrogen functional groups attached to an aromatic ring is 2. The molecule has 8 heterocycles. The van der Waals surface area contributed by atoms with E-state index in [1.807, 2.05) is 4.98 Å².